The lowest BCUT2D eigenvalue weighted by atomic mass is 10.1. The molecular weight excluding hydrogens is 206 g/mol. The molecule has 1 aromatic heterocycles. The number of benzene rings is 1. The molecule has 1 atom stereocenters. The molecule has 0 saturated heterocycles. The molecule has 0 aliphatic heterocycles. The second kappa shape index (κ2) is 4.23. The fraction of sp³-hybridized carbons (Fsp3) is 0.273. The first-order valence-corrected chi connectivity index (χ1v) is 5.06. The van der Waals surface area contributed by atoms with Gasteiger partial charge in [-0.05, 0) is 25.7 Å². The van der Waals surface area contributed by atoms with Crippen molar-refractivity contribution in [1.29, 1.82) is 0 Å². The third-order valence-corrected chi connectivity index (χ3v) is 2.50. The number of aromatic nitrogens is 1. The Bertz CT molecular complexity index is 491. The van der Waals surface area contributed by atoms with Crippen molar-refractivity contribution in [1.82, 2.24) is 9.88 Å². The summed E-state index contributed by atoms with van der Waals surface area (Å²) in [5.41, 5.74) is 2.36. The number of hydrogen-bond donors (Lipinski definition) is 3. The predicted molar refractivity (Wildman–Crippen MR) is 61.5 cm³/mol. The molecule has 16 heavy (non-hydrogen) atoms. The van der Waals surface area contributed by atoms with E-state index in [9.17, 15) is 5.21 Å². The standard InChI is InChI=1S/C11H15N3O2/c1-13(2)7-8-6-12-11-5-9(14(15)16)3-4-10(8)11/h3-6,12,14-15H,7H2,1-2H3. The summed E-state index contributed by atoms with van der Waals surface area (Å²) in [4.78, 5) is 5.18. The van der Waals surface area contributed by atoms with Gasteiger partial charge in [0, 0.05) is 30.3 Å². The average Bonchev–Trinajstić information content (AvgIpc) is 2.60. The number of nitrogens with zero attached hydrogens (tertiary/aromatic N) is 1. The largest absolute Gasteiger partial charge is 0.595 e. The van der Waals surface area contributed by atoms with Gasteiger partial charge >= 0.3 is 0 Å². The van der Waals surface area contributed by atoms with Crippen LogP contribution in [0.1, 0.15) is 5.56 Å². The molecule has 2 aromatic rings. The van der Waals surface area contributed by atoms with Crippen molar-refractivity contribution in [2.45, 2.75) is 6.54 Å². The van der Waals surface area contributed by atoms with E-state index < -0.39 is 5.23 Å². The number of rotatable bonds is 3. The van der Waals surface area contributed by atoms with Gasteiger partial charge in [-0.3, -0.25) is 0 Å². The van der Waals surface area contributed by atoms with Gasteiger partial charge in [0.15, 0.2) is 5.69 Å². The van der Waals surface area contributed by atoms with Crippen LogP contribution in [0, 0.1) is 5.21 Å². The van der Waals surface area contributed by atoms with Crippen molar-refractivity contribution in [2.24, 2.45) is 0 Å². The van der Waals surface area contributed by atoms with Crippen LogP contribution in [0.15, 0.2) is 24.4 Å². The summed E-state index contributed by atoms with van der Waals surface area (Å²) in [7, 11) is 4.01. The van der Waals surface area contributed by atoms with Gasteiger partial charge in [-0.2, -0.15) is 5.23 Å². The first-order valence-electron chi connectivity index (χ1n) is 5.06. The topological polar surface area (TPSA) is 66.8 Å². The lowest BCUT2D eigenvalue weighted by Crippen LogP contribution is -2.99. The van der Waals surface area contributed by atoms with Crippen molar-refractivity contribution >= 4 is 16.6 Å². The molecule has 0 fully saturated rings. The minimum absolute atomic E-state index is 0.311. The molecule has 5 nitrogen and oxygen atoms in total. The fourth-order valence-corrected chi connectivity index (χ4v) is 1.79. The van der Waals surface area contributed by atoms with E-state index in [2.05, 4.69) is 9.88 Å². The molecule has 1 heterocycles. The zero-order chi connectivity index (χ0) is 11.7. The third-order valence-electron chi connectivity index (χ3n) is 2.50. The highest BCUT2D eigenvalue weighted by Gasteiger charge is 2.07. The molecule has 1 unspecified atom stereocenters. The lowest BCUT2D eigenvalue weighted by molar-refractivity contribution is -0.991. The van der Waals surface area contributed by atoms with Gasteiger partial charge in [-0.25, -0.2) is 5.21 Å². The Balaban J connectivity index is 2.42. The van der Waals surface area contributed by atoms with Gasteiger partial charge < -0.3 is 15.1 Å². The van der Waals surface area contributed by atoms with Gasteiger partial charge in [0.25, 0.3) is 0 Å². The summed E-state index contributed by atoms with van der Waals surface area (Å²) in [5.74, 6) is 0. The van der Waals surface area contributed by atoms with Crippen molar-refractivity contribution in [3.8, 4) is 0 Å². The molecule has 0 amide bonds. The SMILES string of the molecule is CN(C)Cc1c[nH]c2cc([NH+]([O-])O)ccc12. The van der Waals surface area contributed by atoms with Crippen molar-refractivity contribution < 1.29 is 10.4 Å². The molecule has 0 aliphatic carbocycles. The van der Waals surface area contributed by atoms with E-state index in [-0.39, 0.29) is 0 Å². The van der Waals surface area contributed by atoms with E-state index in [1.165, 1.54) is 5.56 Å². The number of aromatic amines is 1. The van der Waals surface area contributed by atoms with E-state index in [0.29, 0.717) is 5.69 Å². The minimum atomic E-state index is -0.898. The van der Waals surface area contributed by atoms with Gasteiger partial charge in [0.2, 0.25) is 0 Å². The van der Waals surface area contributed by atoms with Crippen LogP contribution in [-0.4, -0.2) is 29.2 Å². The predicted octanol–water partition coefficient (Wildman–Crippen LogP) is 0.633. The Labute approximate surface area is 93.4 Å². The molecule has 5 heteroatoms. The second-order valence-electron chi connectivity index (χ2n) is 4.12. The van der Waals surface area contributed by atoms with Gasteiger partial charge in [0.1, 0.15) is 0 Å². The lowest BCUT2D eigenvalue weighted by Gasteiger charge is -2.11. The molecule has 0 spiro atoms. The number of hydrogen-bond acceptors (Lipinski definition) is 3. The van der Waals surface area contributed by atoms with E-state index in [1.54, 1.807) is 12.1 Å². The quantitative estimate of drug-likeness (QED) is 0.666. The normalized spacial score (nSPS) is 13.6. The molecule has 2 rings (SSSR count). The van der Waals surface area contributed by atoms with Crippen LogP contribution >= 0.6 is 0 Å². The first-order chi connectivity index (χ1) is 7.58. The molecule has 0 saturated carbocycles. The highest BCUT2D eigenvalue weighted by Crippen LogP contribution is 2.21. The summed E-state index contributed by atoms with van der Waals surface area (Å²) in [6.45, 7) is 0.840. The van der Waals surface area contributed by atoms with Crippen molar-refractivity contribution in [3.05, 3.63) is 35.2 Å². The van der Waals surface area contributed by atoms with E-state index in [4.69, 9.17) is 5.21 Å². The summed E-state index contributed by atoms with van der Waals surface area (Å²) in [6.07, 6.45) is 1.93. The van der Waals surface area contributed by atoms with Crippen LogP contribution in [0.25, 0.3) is 10.9 Å². The first kappa shape index (κ1) is 11.1. The minimum Gasteiger partial charge on any atom is -0.595 e. The van der Waals surface area contributed by atoms with Crippen molar-refractivity contribution in [3.63, 3.8) is 0 Å². The van der Waals surface area contributed by atoms with Crippen LogP contribution in [0.4, 0.5) is 5.69 Å². The van der Waals surface area contributed by atoms with E-state index in [1.807, 2.05) is 26.4 Å². The smallest absolute Gasteiger partial charge is 0.165 e. The molecule has 0 bridgehead atoms. The molecule has 0 aliphatic rings. The van der Waals surface area contributed by atoms with Crippen molar-refractivity contribution in [2.75, 3.05) is 14.1 Å². The van der Waals surface area contributed by atoms with Crippen LogP contribution in [0.5, 0.6) is 0 Å². The zero-order valence-corrected chi connectivity index (χ0v) is 9.32. The Morgan fingerprint density at radius 1 is 1.44 bits per heavy atom. The molecule has 86 valence electrons. The monoisotopic (exact) mass is 221 g/mol. The van der Waals surface area contributed by atoms with E-state index in [0.717, 1.165) is 17.4 Å². The maximum atomic E-state index is 10.8. The number of nitrogens with one attached hydrogen (secondary N) is 2. The Morgan fingerprint density at radius 2 is 2.19 bits per heavy atom. The highest BCUT2D eigenvalue weighted by molar-refractivity contribution is 5.85. The number of H-pyrrole nitrogens is 1. The Morgan fingerprint density at radius 3 is 2.81 bits per heavy atom. The number of fused-ring (bicyclic) bond motifs is 1. The maximum Gasteiger partial charge on any atom is 0.165 e. The molecule has 3 N–H and O–H groups in total. The fourth-order valence-electron chi connectivity index (χ4n) is 1.79. The molecule has 0 radical (unpaired) electrons. The summed E-state index contributed by atoms with van der Waals surface area (Å²) < 4.78 is 0. The Hall–Kier alpha value is -1.40. The summed E-state index contributed by atoms with van der Waals surface area (Å²) >= 11 is 0. The van der Waals surface area contributed by atoms with Crippen LogP contribution in [0.3, 0.4) is 0 Å². The molecular formula is C11H15N3O2. The Kier molecular flexibility index (Phi) is 2.93. The average molecular weight is 221 g/mol. The highest BCUT2D eigenvalue weighted by atomic mass is 16.8. The zero-order valence-electron chi connectivity index (χ0n) is 9.32. The van der Waals surface area contributed by atoms with Crippen LogP contribution in [0.2, 0.25) is 0 Å². The third kappa shape index (κ3) is 2.07. The second-order valence-corrected chi connectivity index (χ2v) is 4.12. The summed E-state index contributed by atoms with van der Waals surface area (Å²) in [5, 5.41) is 19.9. The number of quaternary nitrogens is 1. The van der Waals surface area contributed by atoms with E-state index >= 15 is 0 Å². The molecule has 1 aromatic carbocycles. The van der Waals surface area contributed by atoms with Gasteiger partial charge in [-0.15, -0.1) is 0 Å². The van der Waals surface area contributed by atoms with Gasteiger partial charge in [0.05, 0.1) is 5.52 Å². The maximum absolute atomic E-state index is 10.8. The van der Waals surface area contributed by atoms with Crippen LogP contribution < -0.4 is 5.23 Å². The van der Waals surface area contributed by atoms with Gasteiger partial charge in [-0.1, -0.05) is 0 Å². The van der Waals surface area contributed by atoms with Crippen LogP contribution in [-0.2, 0) is 6.54 Å². The summed E-state index contributed by atoms with van der Waals surface area (Å²) in [6, 6.07) is 5.16.